The van der Waals surface area contributed by atoms with Gasteiger partial charge in [0.1, 0.15) is 0 Å². The second-order valence-corrected chi connectivity index (χ2v) is 5.66. The maximum Gasteiger partial charge on any atom is 0.0772 e. The summed E-state index contributed by atoms with van der Waals surface area (Å²) in [7, 11) is 1.79. The quantitative estimate of drug-likeness (QED) is 0.930. The first-order chi connectivity index (χ1) is 8.61. The summed E-state index contributed by atoms with van der Waals surface area (Å²) in [6, 6.07) is 6.17. The number of aliphatic hydroxyl groups is 1. The third-order valence-corrected chi connectivity index (χ3v) is 4.26. The van der Waals surface area contributed by atoms with Crippen molar-refractivity contribution in [1.29, 1.82) is 0 Å². The molecule has 1 atom stereocenters. The molecule has 0 spiro atoms. The van der Waals surface area contributed by atoms with Crippen molar-refractivity contribution in [1.82, 2.24) is 0 Å². The first-order valence-electron chi connectivity index (χ1n) is 6.37. The Balaban J connectivity index is 2.08. The molecule has 18 heavy (non-hydrogen) atoms. The third-order valence-electron chi connectivity index (χ3n) is 3.57. The van der Waals surface area contributed by atoms with E-state index in [-0.39, 0.29) is 0 Å². The van der Waals surface area contributed by atoms with E-state index in [1.54, 1.807) is 14.0 Å². The van der Waals surface area contributed by atoms with Crippen LogP contribution in [0, 0.1) is 0 Å². The Morgan fingerprint density at radius 2 is 2.06 bits per heavy atom. The zero-order chi connectivity index (χ0) is 13.1. The van der Waals surface area contributed by atoms with E-state index in [0.717, 1.165) is 36.0 Å². The van der Waals surface area contributed by atoms with Crippen LogP contribution in [0.15, 0.2) is 22.7 Å². The standard InChI is InChI=1S/C14H20BrNO2/c1-10(17)13-4-3-11(9-14(13)15)16-7-5-12(18-2)6-8-16/h3-4,9-10,12,17H,5-8H2,1-2H3. The van der Waals surface area contributed by atoms with Crippen molar-refractivity contribution in [2.45, 2.75) is 32.0 Å². The van der Waals surface area contributed by atoms with E-state index in [1.807, 2.05) is 6.07 Å². The molecule has 1 aliphatic heterocycles. The zero-order valence-electron chi connectivity index (χ0n) is 10.9. The summed E-state index contributed by atoms with van der Waals surface area (Å²) < 4.78 is 6.36. The van der Waals surface area contributed by atoms with Gasteiger partial charge in [0.15, 0.2) is 0 Å². The molecule has 1 unspecified atom stereocenters. The molecule has 1 aliphatic rings. The number of hydrogen-bond acceptors (Lipinski definition) is 3. The van der Waals surface area contributed by atoms with Gasteiger partial charge in [0, 0.05) is 30.4 Å². The second kappa shape index (κ2) is 6.04. The lowest BCUT2D eigenvalue weighted by Gasteiger charge is -2.33. The number of rotatable bonds is 3. The van der Waals surface area contributed by atoms with Gasteiger partial charge < -0.3 is 14.7 Å². The van der Waals surface area contributed by atoms with E-state index < -0.39 is 6.10 Å². The van der Waals surface area contributed by atoms with Gasteiger partial charge in [0.2, 0.25) is 0 Å². The van der Waals surface area contributed by atoms with Gasteiger partial charge in [-0.1, -0.05) is 22.0 Å². The van der Waals surface area contributed by atoms with Gasteiger partial charge in [-0.15, -0.1) is 0 Å². The van der Waals surface area contributed by atoms with E-state index in [0.29, 0.717) is 6.10 Å². The lowest BCUT2D eigenvalue weighted by atomic mass is 10.1. The SMILES string of the molecule is COC1CCN(c2ccc(C(C)O)c(Br)c2)CC1. The van der Waals surface area contributed by atoms with E-state index >= 15 is 0 Å². The van der Waals surface area contributed by atoms with Crippen LogP contribution in [0.5, 0.6) is 0 Å². The summed E-state index contributed by atoms with van der Waals surface area (Å²) >= 11 is 3.53. The molecule has 2 rings (SSSR count). The van der Waals surface area contributed by atoms with Crippen LogP contribution < -0.4 is 4.90 Å². The Morgan fingerprint density at radius 3 is 2.56 bits per heavy atom. The topological polar surface area (TPSA) is 32.7 Å². The van der Waals surface area contributed by atoms with Crippen molar-refractivity contribution in [3.8, 4) is 0 Å². The van der Waals surface area contributed by atoms with Crippen LogP contribution in [0.25, 0.3) is 0 Å². The van der Waals surface area contributed by atoms with Crippen molar-refractivity contribution in [2.24, 2.45) is 0 Å². The van der Waals surface area contributed by atoms with Crippen molar-refractivity contribution < 1.29 is 9.84 Å². The monoisotopic (exact) mass is 313 g/mol. The molecule has 1 aromatic carbocycles. The highest BCUT2D eigenvalue weighted by Gasteiger charge is 2.19. The molecule has 1 aromatic rings. The Hall–Kier alpha value is -0.580. The number of halogens is 1. The van der Waals surface area contributed by atoms with Gasteiger partial charge in [-0.25, -0.2) is 0 Å². The molecule has 0 saturated carbocycles. The number of piperidine rings is 1. The molecule has 0 radical (unpaired) electrons. The van der Waals surface area contributed by atoms with Gasteiger partial charge in [-0.05, 0) is 37.5 Å². The zero-order valence-corrected chi connectivity index (χ0v) is 12.5. The molecule has 0 amide bonds. The highest BCUT2D eigenvalue weighted by Crippen LogP contribution is 2.29. The molecule has 0 aliphatic carbocycles. The largest absolute Gasteiger partial charge is 0.389 e. The van der Waals surface area contributed by atoms with E-state index in [9.17, 15) is 5.11 Å². The van der Waals surface area contributed by atoms with Crippen LogP contribution in [0.3, 0.4) is 0 Å². The van der Waals surface area contributed by atoms with Crippen molar-refractivity contribution >= 4 is 21.6 Å². The maximum absolute atomic E-state index is 9.61. The minimum atomic E-state index is -0.437. The van der Waals surface area contributed by atoms with E-state index in [4.69, 9.17) is 4.74 Å². The fourth-order valence-corrected chi connectivity index (χ4v) is 3.10. The Morgan fingerprint density at radius 1 is 1.39 bits per heavy atom. The first kappa shape index (κ1) is 13.8. The van der Waals surface area contributed by atoms with Crippen LogP contribution in [-0.4, -0.2) is 31.4 Å². The molecule has 0 bridgehead atoms. The predicted octanol–water partition coefficient (Wildman–Crippen LogP) is 3.12. The number of ether oxygens (including phenoxy) is 1. The highest BCUT2D eigenvalue weighted by atomic mass is 79.9. The lowest BCUT2D eigenvalue weighted by molar-refractivity contribution is 0.0819. The molecule has 1 heterocycles. The molecule has 1 N–H and O–H groups in total. The average molecular weight is 314 g/mol. The Kier molecular flexibility index (Phi) is 4.65. The molecule has 3 nitrogen and oxygen atoms in total. The van der Waals surface area contributed by atoms with Crippen LogP contribution in [0.2, 0.25) is 0 Å². The summed E-state index contributed by atoms with van der Waals surface area (Å²) in [5.41, 5.74) is 2.14. The predicted molar refractivity (Wildman–Crippen MR) is 77.0 cm³/mol. The summed E-state index contributed by atoms with van der Waals surface area (Å²) in [6.07, 6.45) is 2.12. The lowest BCUT2D eigenvalue weighted by Crippen LogP contribution is -2.36. The third kappa shape index (κ3) is 3.05. The van der Waals surface area contributed by atoms with Crippen LogP contribution in [-0.2, 0) is 4.74 Å². The van der Waals surface area contributed by atoms with Gasteiger partial charge in [-0.2, -0.15) is 0 Å². The minimum Gasteiger partial charge on any atom is -0.389 e. The summed E-state index contributed by atoms with van der Waals surface area (Å²) in [6.45, 7) is 3.84. The molecule has 1 fully saturated rings. The van der Waals surface area contributed by atoms with E-state index in [2.05, 4.69) is 33.0 Å². The number of hydrogen-bond donors (Lipinski definition) is 1. The highest BCUT2D eigenvalue weighted by molar-refractivity contribution is 9.10. The molecular weight excluding hydrogens is 294 g/mol. The molecular formula is C14H20BrNO2. The molecule has 0 aromatic heterocycles. The number of aliphatic hydroxyl groups excluding tert-OH is 1. The van der Waals surface area contributed by atoms with Crippen molar-refractivity contribution in [2.75, 3.05) is 25.1 Å². The fourth-order valence-electron chi connectivity index (χ4n) is 2.40. The summed E-state index contributed by atoms with van der Waals surface area (Å²) in [5, 5.41) is 9.61. The minimum absolute atomic E-state index is 0.404. The molecule has 4 heteroatoms. The summed E-state index contributed by atoms with van der Waals surface area (Å²) in [4.78, 5) is 2.37. The normalized spacial score (nSPS) is 19.0. The Labute approximate surface area is 117 Å². The fraction of sp³-hybridized carbons (Fsp3) is 0.571. The number of anilines is 1. The van der Waals surface area contributed by atoms with Crippen molar-refractivity contribution in [3.63, 3.8) is 0 Å². The molecule has 100 valence electrons. The number of nitrogens with zero attached hydrogens (tertiary/aromatic N) is 1. The average Bonchev–Trinajstić information content (AvgIpc) is 2.38. The van der Waals surface area contributed by atoms with Crippen molar-refractivity contribution in [3.05, 3.63) is 28.2 Å². The van der Waals surface area contributed by atoms with Crippen LogP contribution in [0.4, 0.5) is 5.69 Å². The van der Waals surface area contributed by atoms with Crippen LogP contribution >= 0.6 is 15.9 Å². The van der Waals surface area contributed by atoms with Gasteiger partial charge in [0.25, 0.3) is 0 Å². The maximum atomic E-state index is 9.61. The van der Waals surface area contributed by atoms with Crippen LogP contribution in [0.1, 0.15) is 31.4 Å². The smallest absolute Gasteiger partial charge is 0.0772 e. The number of methoxy groups -OCH3 is 1. The number of benzene rings is 1. The second-order valence-electron chi connectivity index (χ2n) is 4.80. The van der Waals surface area contributed by atoms with Gasteiger partial charge >= 0.3 is 0 Å². The molecule has 1 saturated heterocycles. The van der Waals surface area contributed by atoms with Gasteiger partial charge in [-0.3, -0.25) is 0 Å². The summed E-state index contributed by atoms with van der Waals surface area (Å²) in [5.74, 6) is 0. The van der Waals surface area contributed by atoms with Gasteiger partial charge in [0.05, 0.1) is 12.2 Å². The first-order valence-corrected chi connectivity index (χ1v) is 7.16. The Bertz CT molecular complexity index is 401. The van der Waals surface area contributed by atoms with E-state index in [1.165, 1.54) is 5.69 Å².